The minimum atomic E-state index is -4.40. The van der Waals surface area contributed by atoms with Crippen molar-refractivity contribution in [2.24, 2.45) is 0 Å². The Balaban J connectivity index is 1.33. The third kappa shape index (κ3) is 6.14. The van der Waals surface area contributed by atoms with E-state index >= 15 is 0 Å². The molecule has 4 nitrogen and oxygen atoms in total. The number of amides is 1. The molecule has 1 heterocycles. The molecule has 0 atom stereocenters. The van der Waals surface area contributed by atoms with Gasteiger partial charge in [0.25, 0.3) is 0 Å². The Labute approximate surface area is 191 Å². The maximum absolute atomic E-state index is 12.8. The van der Waals surface area contributed by atoms with E-state index < -0.39 is 17.8 Å². The fourth-order valence-corrected chi connectivity index (χ4v) is 4.01. The summed E-state index contributed by atoms with van der Waals surface area (Å²) in [5.74, 6) is 0.302. The fourth-order valence-electron chi connectivity index (χ4n) is 4.01. The Morgan fingerprint density at radius 1 is 0.909 bits per heavy atom. The number of carbonyl (C=O) groups is 1. The van der Waals surface area contributed by atoms with Gasteiger partial charge in [0.2, 0.25) is 0 Å². The van der Waals surface area contributed by atoms with Crippen molar-refractivity contribution in [2.75, 3.05) is 13.1 Å². The highest BCUT2D eigenvalue weighted by atomic mass is 19.4. The SMILES string of the molecule is O=C(NC1CCN(Cc2ccccc2)CC1)Oc1ccccc1-c1ccc(C(F)(F)F)cc1. The number of rotatable bonds is 5. The van der Waals surface area contributed by atoms with E-state index in [9.17, 15) is 18.0 Å². The first-order valence-corrected chi connectivity index (χ1v) is 10.9. The third-order valence-electron chi connectivity index (χ3n) is 5.77. The van der Waals surface area contributed by atoms with Crippen molar-refractivity contribution in [3.63, 3.8) is 0 Å². The molecule has 1 N–H and O–H groups in total. The van der Waals surface area contributed by atoms with Gasteiger partial charge in [-0.05, 0) is 42.2 Å². The number of likely N-dealkylation sites (tertiary alicyclic amines) is 1. The van der Waals surface area contributed by atoms with Gasteiger partial charge in [-0.15, -0.1) is 0 Å². The normalized spacial score (nSPS) is 15.2. The molecule has 1 fully saturated rings. The highest BCUT2D eigenvalue weighted by molar-refractivity contribution is 5.77. The topological polar surface area (TPSA) is 41.6 Å². The summed E-state index contributed by atoms with van der Waals surface area (Å²) in [6.45, 7) is 2.64. The summed E-state index contributed by atoms with van der Waals surface area (Å²) < 4.78 is 44.1. The van der Waals surface area contributed by atoms with Crippen LogP contribution in [-0.4, -0.2) is 30.1 Å². The summed E-state index contributed by atoms with van der Waals surface area (Å²) in [5, 5.41) is 2.92. The number of hydrogen-bond donors (Lipinski definition) is 1. The molecule has 33 heavy (non-hydrogen) atoms. The number of hydrogen-bond acceptors (Lipinski definition) is 3. The maximum atomic E-state index is 12.8. The van der Waals surface area contributed by atoms with Gasteiger partial charge in [-0.25, -0.2) is 4.79 Å². The Hall–Kier alpha value is -3.32. The van der Waals surface area contributed by atoms with Crippen LogP contribution in [0.4, 0.5) is 18.0 Å². The number of halogens is 3. The van der Waals surface area contributed by atoms with Gasteiger partial charge in [-0.2, -0.15) is 13.2 Å². The monoisotopic (exact) mass is 454 g/mol. The lowest BCUT2D eigenvalue weighted by molar-refractivity contribution is -0.137. The predicted molar refractivity (Wildman–Crippen MR) is 121 cm³/mol. The van der Waals surface area contributed by atoms with Crippen molar-refractivity contribution in [1.29, 1.82) is 0 Å². The van der Waals surface area contributed by atoms with Crippen molar-refractivity contribution >= 4 is 6.09 Å². The summed E-state index contributed by atoms with van der Waals surface area (Å²) in [7, 11) is 0. The van der Waals surface area contributed by atoms with Crippen LogP contribution in [-0.2, 0) is 12.7 Å². The Bertz CT molecular complexity index is 1060. The quantitative estimate of drug-likeness (QED) is 0.505. The lowest BCUT2D eigenvalue weighted by atomic mass is 10.0. The van der Waals surface area contributed by atoms with Crippen molar-refractivity contribution in [3.8, 4) is 16.9 Å². The Morgan fingerprint density at radius 2 is 1.55 bits per heavy atom. The van der Waals surface area contributed by atoms with E-state index in [2.05, 4.69) is 22.3 Å². The van der Waals surface area contributed by atoms with Gasteiger partial charge in [0.05, 0.1) is 5.56 Å². The molecule has 1 amide bonds. The molecular formula is C26H25F3N2O2. The minimum Gasteiger partial charge on any atom is -0.410 e. The molecule has 172 valence electrons. The van der Waals surface area contributed by atoms with Gasteiger partial charge in [0, 0.05) is 31.2 Å². The van der Waals surface area contributed by atoms with Crippen molar-refractivity contribution in [1.82, 2.24) is 10.2 Å². The van der Waals surface area contributed by atoms with Gasteiger partial charge in [-0.3, -0.25) is 4.90 Å². The molecule has 0 radical (unpaired) electrons. The van der Waals surface area contributed by atoms with Crippen molar-refractivity contribution in [3.05, 3.63) is 90.0 Å². The molecule has 0 unspecified atom stereocenters. The second kappa shape index (κ2) is 10.1. The molecule has 3 aromatic carbocycles. The van der Waals surface area contributed by atoms with Crippen LogP contribution in [0.25, 0.3) is 11.1 Å². The van der Waals surface area contributed by atoms with E-state index in [4.69, 9.17) is 4.74 Å². The fraction of sp³-hybridized carbons (Fsp3) is 0.269. The first kappa shape index (κ1) is 22.9. The zero-order valence-corrected chi connectivity index (χ0v) is 18.0. The van der Waals surface area contributed by atoms with Gasteiger partial charge < -0.3 is 10.1 Å². The maximum Gasteiger partial charge on any atom is 0.416 e. The van der Waals surface area contributed by atoms with Crippen molar-refractivity contribution < 1.29 is 22.7 Å². The molecule has 4 rings (SSSR count). The first-order chi connectivity index (χ1) is 15.9. The number of para-hydroxylation sites is 1. The van der Waals surface area contributed by atoms with Gasteiger partial charge in [0.15, 0.2) is 0 Å². The number of carbonyl (C=O) groups excluding carboxylic acids is 1. The molecule has 3 aromatic rings. The number of nitrogens with one attached hydrogen (secondary N) is 1. The summed E-state index contributed by atoms with van der Waals surface area (Å²) >= 11 is 0. The zero-order chi connectivity index (χ0) is 23.3. The molecule has 0 bridgehead atoms. The van der Waals surface area contributed by atoms with E-state index in [-0.39, 0.29) is 6.04 Å². The molecule has 0 spiro atoms. The molecule has 7 heteroatoms. The number of nitrogens with zero attached hydrogens (tertiary/aromatic N) is 1. The number of alkyl halides is 3. The number of piperidine rings is 1. The number of benzene rings is 3. The van der Waals surface area contributed by atoms with Crippen LogP contribution >= 0.6 is 0 Å². The summed E-state index contributed by atoms with van der Waals surface area (Å²) in [6, 6.07) is 21.9. The Kier molecular flexibility index (Phi) is 6.99. The van der Waals surface area contributed by atoms with Crippen LogP contribution in [0, 0.1) is 0 Å². The van der Waals surface area contributed by atoms with Crippen molar-refractivity contribution in [2.45, 2.75) is 31.6 Å². The average Bonchev–Trinajstić information content (AvgIpc) is 2.81. The second-order valence-corrected chi connectivity index (χ2v) is 8.14. The summed E-state index contributed by atoms with van der Waals surface area (Å²) in [6.07, 6.45) is -3.31. The smallest absolute Gasteiger partial charge is 0.410 e. The van der Waals surface area contributed by atoms with Gasteiger partial charge in [0.1, 0.15) is 5.75 Å². The van der Waals surface area contributed by atoms with E-state index in [1.165, 1.54) is 17.7 Å². The van der Waals surface area contributed by atoms with Crippen LogP contribution in [0.15, 0.2) is 78.9 Å². The summed E-state index contributed by atoms with van der Waals surface area (Å²) in [4.78, 5) is 14.9. The summed E-state index contributed by atoms with van der Waals surface area (Å²) in [5.41, 5.74) is 1.64. The van der Waals surface area contributed by atoms with E-state index in [0.29, 0.717) is 16.9 Å². The zero-order valence-electron chi connectivity index (χ0n) is 18.0. The highest BCUT2D eigenvalue weighted by Gasteiger charge is 2.30. The standard InChI is InChI=1S/C26H25F3N2O2/c27-26(28,29)21-12-10-20(11-13-21)23-8-4-5-9-24(23)33-25(32)30-22-14-16-31(17-15-22)18-19-6-2-1-3-7-19/h1-13,22H,14-18H2,(H,30,32). The van der Waals surface area contributed by atoms with Crippen LogP contribution in [0.2, 0.25) is 0 Å². The molecular weight excluding hydrogens is 429 g/mol. The van der Waals surface area contributed by atoms with Gasteiger partial charge >= 0.3 is 12.3 Å². The molecule has 0 aromatic heterocycles. The molecule has 0 saturated carbocycles. The highest BCUT2D eigenvalue weighted by Crippen LogP contribution is 2.34. The first-order valence-electron chi connectivity index (χ1n) is 10.9. The van der Waals surface area contributed by atoms with Crippen LogP contribution in [0.3, 0.4) is 0 Å². The molecule has 1 aliphatic heterocycles. The average molecular weight is 454 g/mol. The van der Waals surface area contributed by atoms with Crippen LogP contribution in [0.5, 0.6) is 5.75 Å². The van der Waals surface area contributed by atoms with Crippen LogP contribution in [0.1, 0.15) is 24.0 Å². The molecule has 1 aliphatic rings. The predicted octanol–water partition coefficient (Wildman–Crippen LogP) is 6.13. The third-order valence-corrected chi connectivity index (χ3v) is 5.77. The lowest BCUT2D eigenvalue weighted by Crippen LogP contribution is -2.45. The number of ether oxygens (including phenoxy) is 1. The molecule has 0 aliphatic carbocycles. The second-order valence-electron chi connectivity index (χ2n) is 8.14. The van der Waals surface area contributed by atoms with Crippen LogP contribution < -0.4 is 10.1 Å². The van der Waals surface area contributed by atoms with Gasteiger partial charge in [-0.1, -0.05) is 60.7 Å². The Morgan fingerprint density at radius 3 is 2.21 bits per heavy atom. The lowest BCUT2D eigenvalue weighted by Gasteiger charge is -2.32. The van der Waals surface area contributed by atoms with E-state index in [1.54, 1.807) is 24.3 Å². The molecule has 1 saturated heterocycles. The van der Waals surface area contributed by atoms with E-state index in [0.717, 1.165) is 44.6 Å². The minimum absolute atomic E-state index is 0.0164. The van der Waals surface area contributed by atoms with E-state index in [1.807, 2.05) is 18.2 Å². The largest absolute Gasteiger partial charge is 0.416 e.